The maximum atomic E-state index is 13.6. The lowest BCUT2D eigenvalue weighted by Crippen LogP contribution is -2.58. The first-order valence-electron chi connectivity index (χ1n) is 11.0. The Morgan fingerprint density at radius 2 is 1.90 bits per heavy atom. The van der Waals surface area contributed by atoms with Crippen molar-refractivity contribution in [3.05, 3.63) is 48.2 Å². The molecule has 0 radical (unpaired) electrons. The van der Waals surface area contributed by atoms with Gasteiger partial charge in [-0.25, -0.2) is 14.4 Å². The number of likely N-dealkylation sites (tertiary alicyclic amines) is 1. The van der Waals surface area contributed by atoms with Gasteiger partial charge < -0.3 is 4.90 Å². The summed E-state index contributed by atoms with van der Waals surface area (Å²) in [6.45, 7) is 6.62. The smallest absolute Gasteiger partial charge is 0.241 e. The number of carbonyl (C=O) groups is 1. The van der Waals surface area contributed by atoms with Crippen molar-refractivity contribution in [1.82, 2.24) is 24.7 Å². The molecule has 0 N–H and O–H groups in total. The van der Waals surface area contributed by atoms with Gasteiger partial charge in [0, 0.05) is 56.9 Å². The molecule has 158 valence electrons. The van der Waals surface area contributed by atoms with Crippen LogP contribution in [-0.4, -0.2) is 82.4 Å². The molecule has 6 nitrogen and oxygen atoms in total. The topological polar surface area (TPSA) is 52.6 Å². The zero-order valence-electron chi connectivity index (χ0n) is 17.2. The van der Waals surface area contributed by atoms with Crippen molar-refractivity contribution in [2.24, 2.45) is 0 Å². The normalized spacial score (nSPS) is 27.1. The fourth-order valence-electron chi connectivity index (χ4n) is 5.03. The Balaban J connectivity index is 1.24. The van der Waals surface area contributed by atoms with Gasteiger partial charge >= 0.3 is 0 Å². The molecular formula is C23H28FN5O. The van der Waals surface area contributed by atoms with E-state index >= 15 is 0 Å². The number of nitrogens with zero attached hydrogens (tertiary/aromatic N) is 5. The molecule has 3 unspecified atom stereocenters. The Bertz CT molecular complexity index is 910. The molecule has 0 saturated carbocycles. The second kappa shape index (κ2) is 8.40. The van der Waals surface area contributed by atoms with Crippen molar-refractivity contribution in [3.8, 4) is 11.3 Å². The van der Waals surface area contributed by atoms with Gasteiger partial charge in [-0.15, -0.1) is 0 Å². The van der Waals surface area contributed by atoms with E-state index in [9.17, 15) is 9.18 Å². The largest absolute Gasteiger partial charge is 0.341 e. The van der Waals surface area contributed by atoms with Gasteiger partial charge in [0.15, 0.2) is 0 Å². The maximum absolute atomic E-state index is 13.6. The Morgan fingerprint density at radius 1 is 1.03 bits per heavy atom. The molecule has 4 fully saturated rings. The van der Waals surface area contributed by atoms with Crippen LogP contribution in [0.3, 0.4) is 0 Å². The number of rotatable bonds is 3. The second-order valence-electron chi connectivity index (χ2n) is 8.62. The summed E-state index contributed by atoms with van der Waals surface area (Å²) in [6, 6.07) is 8.34. The van der Waals surface area contributed by atoms with E-state index in [-0.39, 0.29) is 23.7 Å². The quantitative estimate of drug-likeness (QED) is 0.779. The van der Waals surface area contributed by atoms with Crippen LogP contribution in [0, 0.1) is 5.82 Å². The van der Waals surface area contributed by atoms with Crippen molar-refractivity contribution < 1.29 is 9.18 Å². The molecule has 3 atom stereocenters. The molecule has 6 rings (SSSR count). The number of amides is 1. The van der Waals surface area contributed by atoms with Crippen molar-refractivity contribution in [2.45, 2.75) is 31.2 Å². The van der Waals surface area contributed by atoms with Gasteiger partial charge in [-0.2, -0.15) is 0 Å². The fraction of sp³-hybridized carbons (Fsp3) is 0.522. The van der Waals surface area contributed by atoms with Crippen LogP contribution in [0.1, 0.15) is 31.0 Å². The lowest BCUT2D eigenvalue weighted by atomic mass is 9.95. The van der Waals surface area contributed by atoms with Crippen molar-refractivity contribution in [2.75, 3.05) is 45.8 Å². The third-order valence-electron chi connectivity index (χ3n) is 6.75. The third kappa shape index (κ3) is 3.96. The SMILES string of the molecule is O=C(C1CN2CCCN1CC2)N1CCC(c2nccc(-c3cccc(F)c3)n2)CC1. The van der Waals surface area contributed by atoms with Crippen LogP contribution in [-0.2, 0) is 4.79 Å². The van der Waals surface area contributed by atoms with Crippen LogP contribution < -0.4 is 0 Å². The highest BCUT2D eigenvalue weighted by atomic mass is 19.1. The molecule has 1 amide bonds. The van der Waals surface area contributed by atoms with Crippen LogP contribution in [0.5, 0.6) is 0 Å². The van der Waals surface area contributed by atoms with Crippen molar-refractivity contribution >= 4 is 5.91 Å². The molecule has 2 aromatic rings. The van der Waals surface area contributed by atoms with Crippen molar-refractivity contribution in [3.63, 3.8) is 0 Å². The number of hydrogen-bond acceptors (Lipinski definition) is 5. The molecule has 2 bridgehead atoms. The summed E-state index contributed by atoms with van der Waals surface area (Å²) in [7, 11) is 0. The standard InChI is InChI=1S/C23H28FN5O/c24-19-4-1-3-18(15-19)20-5-8-25-22(26-20)17-6-11-29(12-7-17)23(30)21-16-27-9-2-10-28(21)14-13-27/h1,3-5,8,15,17,21H,2,6-7,9-14,16H2. The van der Waals surface area contributed by atoms with Gasteiger partial charge in [-0.05, 0) is 44.0 Å². The Hall–Kier alpha value is -2.38. The van der Waals surface area contributed by atoms with E-state index in [0.29, 0.717) is 0 Å². The van der Waals surface area contributed by atoms with Crippen LogP contribution in [0.15, 0.2) is 36.5 Å². The summed E-state index contributed by atoms with van der Waals surface area (Å²) in [5, 5.41) is 0. The van der Waals surface area contributed by atoms with E-state index in [1.807, 2.05) is 17.0 Å². The lowest BCUT2D eigenvalue weighted by molar-refractivity contribution is -0.139. The molecule has 30 heavy (non-hydrogen) atoms. The average Bonchev–Trinajstić information content (AvgIpc) is 3.15. The van der Waals surface area contributed by atoms with Gasteiger partial charge in [0.1, 0.15) is 17.7 Å². The van der Waals surface area contributed by atoms with Gasteiger partial charge in [-0.1, -0.05) is 12.1 Å². The van der Waals surface area contributed by atoms with E-state index in [0.717, 1.165) is 82.2 Å². The number of piperidine rings is 1. The van der Waals surface area contributed by atoms with Gasteiger partial charge in [0.05, 0.1) is 5.69 Å². The molecule has 4 saturated heterocycles. The minimum atomic E-state index is -0.265. The lowest BCUT2D eigenvalue weighted by Gasteiger charge is -2.40. The molecule has 1 aromatic heterocycles. The van der Waals surface area contributed by atoms with Crippen LogP contribution in [0.2, 0.25) is 0 Å². The first-order chi connectivity index (χ1) is 14.7. The highest BCUT2D eigenvalue weighted by Gasteiger charge is 2.37. The summed E-state index contributed by atoms with van der Waals surface area (Å²) >= 11 is 0. The number of fused-ring (bicyclic) bond motifs is 4. The minimum Gasteiger partial charge on any atom is -0.341 e. The van der Waals surface area contributed by atoms with Crippen LogP contribution in [0.4, 0.5) is 4.39 Å². The average molecular weight is 410 g/mol. The van der Waals surface area contributed by atoms with Gasteiger partial charge in [-0.3, -0.25) is 14.6 Å². The molecular weight excluding hydrogens is 381 g/mol. The first-order valence-corrected chi connectivity index (χ1v) is 11.0. The predicted molar refractivity (Wildman–Crippen MR) is 112 cm³/mol. The second-order valence-corrected chi connectivity index (χ2v) is 8.62. The molecule has 4 aliphatic rings. The van der Waals surface area contributed by atoms with Crippen LogP contribution in [0.25, 0.3) is 11.3 Å². The number of aromatic nitrogens is 2. The van der Waals surface area contributed by atoms with Gasteiger partial charge in [0.25, 0.3) is 0 Å². The zero-order chi connectivity index (χ0) is 20.5. The Morgan fingerprint density at radius 3 is 2.73 bits per heavy atom. The summed E-state index contributed by atoms with van der Waals surface area (Å²) in [6.07, 6.45) is 4.65. The third-order valence-corrected chi connectivity index (χ3v) is 6.75. The fourth-order valence-corrected chi connectivity index (χ4v) is 5.03. The first kappa shape index (κ1) is 19.6. The van der Waals surface area contributed by atoms with Crippen LogP contribution >= 0.6 is 0 Å². The Labute approximate surface area is 176 Å². The number of piperazine rings is 1. The zero-order valence-corrected chi connectivity index (χ0v) is 17.2. The molecule has 1 aromatic carbocycles. The molecule has 0 aliphatic carbocycles. The Kier molecular flexibility index (Phi) is 5.48. The van der Waals surface area contributed by atoms with Crippen molar-refractivity contribution in [1.29, 1.82) is 0 Å². The summed E-state index contributed by atoms with van der Waals surface area (Å²) in [5.74, 6) is 1.05. The number of benzene rings is 1. The molecule has 7 heteroatoms. The monoisotopic (exact) mass is 409 g/mol. The minimum absolute atomic E-state index is 0.0188. The highest BCUT2D eigenvalue weighted by molar-refractivity contribution is 5.82. The molecule has 5 heterocycles. The summed E-state index contributed by atoms with van der Waals surface area (Å²) < 4.78 is 13.6. The predicted octanol–water partition coefficient (Wildman–Crippen LogP) is 2.38. The molecule has 0 spiro atoms. The van der Waals surface area contributed by atoms with E-state index in [4.69, 9.17) is 4.98 Å². The number of hydrogen-bond donors (Lipinski definition) is 0. The molecule has 4 aliphatic heterocycles. The van der Waals surface area contributed by atoms with Gasteiger partial charge in [0.2, 0.25) is 5.91 Å². The van der Waals surface area contributed by atoms with E-state index in [1.54, 1.807) is 12.3 Å². The van der Waals surface area contributed by atoms with E-state index < -0.39 is 0 Å². The summed E-state index contributed by atoms with van der Waals surface area (Å²) in [5.41, 5.74) is 1.51. The number of carbonyl (C=O) groups excluding carboxylic acids is 1. The highest BCUT2D eigenvalue weighted by Crippen LogP contribution is 2.28. The number of halogens is 1. The van der Waals surface area contributed by atoms with E-state index in [1.165, 1.54) is 12.1 Å². The maximum Gasteiger partial charge on any atom is 0.241 e. The summed E-state index contributed by atoms with van der Waals surface area (Å²) in [4.78, 5) is 29.3. The van der Waals surface area contributed by atoms with E-state index in [2.05, 4.69) is 14.8 Å².